The van der Waals surface area contributed by atoms with Gasteiger partial charge in [0.15, 0.2) is 0 Å². The second-order valence-electron chi connectivity index (χ2n) is 9.51. The average molecular weight is 458 g/mol. The Kier molecular flexibility index (Phi) is 8.02. The first kappa shape index (κ1) is 24.0. The van der Waals surface area contributed by atoms with Gasteiger partial charge >= 0.3 is 5.97 Å². The minimum atomic E-state index is -0.860. The number of nitrogens with two attached hydrogens (primary N) is 1. The molecule has 178 valence electrons. The summed E-state index contributed by atoms with van der Waals surface area (Å²) in [7, 11) is 0. The zero-order valence-electron chi connectivity index (χ0n) is 20.0. The lowest BCUT2D eigenvalue weighted by molar-refractivity contribution is -0.136. The summed E-state index contributed by atoms with van der Waals surface area (Å²) in [6, 6.07) is 22.7. The second kappa shape index (κ2) is 11.3. The molecule has 0 aromatic heterocycles. The zero-order chi connectivity index (χ0) is 23.9. The Bertz CT molecular complexity index is 1120. The van der Waals surface area contributed by atoms with E-state index in [0.717, 1.165) is 30.7 Å². The van der Waals surface area contributed by atoms with Gasteiger partial charge in [0, 0.05) is 11.6 Å². The quantitative estimate of drug-likeness (QED) is 0.317. The van der Waals surface area contributed by atoms with Crippen LogP contribution in [0.4, 0.5) is 0 Å². The number of carboxylic acid groups (broad SMARTS) is 1. The molecule has 1 saturated carbocycles. The number of benzene rings is 3. The van der Waals surface area contributed by atoms with E-state index in [0.29, 0.717) is 17.9 Å². The Morgan fingerprint density at radius 2 is 1.82 bits per heavy atom. The summed E-state index contributed by atoms with van der Waals surface area (Å²) in [6.07, 6.45) is 6.99. The zero-order valence-corrected chi connectivity index (χ0v) is 20.0. The predicted molar refractivity (Wildman–Crippen MR) is 137 cm³/mol. The van der Waals surface area contributed by atoms with Crippen LogP contribution in [0.5, 0.6) is 5.75 Å². The third kappa shape index (κ3) is 6.71. The smallest absolute Gasteiger partial charge is 0.307 e. The van der Waals surface area contributed by atoms with Gasteiger partial charge in [0.1, 0.15) is 12.4 Å². The highest BCUT2D eigenvalue weighted by Gasteiger charge is 2.21. The maximum absolute atomic E-state index is 11.2. The van der Waals surface area contributed by atoms with Crippen LogP contribution in [0.1, 0.15) is 67.3 Å². The minimum absolute atomic E-state index is 0.0480. The Labute approximate surface area is 202 Å². The van der Waals surface area contributed by atoms with Crippen molar-refractivity contribution in [3.63, 3.8) is 0 Å². The van der Waals surface area contributed by atoms with Gasteiger partial charge in [-0.3, -0.25) is 4.79 Å². The molecule has 4 nitrogen and oxygen atoms in total. The van der Waals surface area contributed by atoms with Crippen molar-refractivity contribution in [3.8, 4) is 16.9 Å². The summed E-state index contributed by atoms with van der Waals surface area (Å²) < 4.78 is 6.12. The number of aryl methyl sites for hydroxylation is 1. The average Bonchev–Trinajstić information content (AvgIpc) is 3.67. The van der Waals surface area contributed by atoms with Gasteiger partial charge in [0.2, 0.25) is 0 Å². The van der Waals surface area contributed by atoms with Gasteiger partial charge in [0.05, 0.1) is 6.42 Å². The molecule has 1 aliphatic carbocycles. The third-order valence-corrected chi connectivity index (χ3v) is 6.55. The number of hydrogen-bond donors (Lipinski definition) is 2. The highest BCUT2D eigenvalue weighted by Crippen LogP contribution is 2.34. The topological polar surface area (TPSA) is 72.5 Å². The van der Waals surface area contributed by atoms with Crippen LogP contribution in [0.2, 0.25) is 0 Å². The number of carboxylic acids is 1. The lowest BCUT2D eigenvalue weighted by Gasteiger charge is -2.15. The van der Waals surface area contributed by atoms with Gasteiger partial charge in [-0.1, -0.05) is 74.7 Å². The number of rotatable bonds is 12. The lowest BCUT2D eigenvalue weighted by atomic mass is 9.94. The molecule has 0 saturated heterocycles. The Hall–Kier alpha value is -3.11. The molecule has 3 N–H and O–H groups in total. The van der Waals surface area contributed by atoms with Crippen molar-refractivity contribution in [2.75, 3.05) is 0 Å². The molecule has 4 heteroatoms. The van der Waals surface area contributed by atoms with Crippen LogP contribution in [0.3, 0.4) is 0 Å². The van der Waals surface area contributed by atoms with Crippen molar-refractivity contribution in [1.29, 1.82) is 0 Å². The van der Waals surface area contributed by atoms with E-state index < -0.39 is 5.97 Å². The Balaban J connectivity index is 1.59. The van der Waals surface area contributed by atoms with E-state index in [-0.39, 0.29) is 12.5 Å². The molecule has 1 atom stereocenters. The maximum Gasteiger partial charge on any atom is 0.307 e. The highest BCUT2D eigenvalue weighted by molar-refractivity contribution is 5.71. The molecule has 0 unspecified atom stereocenters. The van der Waals surface area contributed by atoms with Crippen LogP contribution < -0.4 is 10.5 Å². The summed E-state index contributed by atoms with van der Waals surface area (Å²) in [5.41, 5.74) is 13.0. The molecule has 3 aromatic rings. The Morgan fingerprint density at radius 3 is 2.59 bits per heavy atom. The van der Waals surface area contributed by atoms with Gasteiger partial charge in [-0.05, 0) is 71.2 Å². The summed E-state index contributed by atoms with van der Waals surface area (Å²) in [5, 5.41) is 9.21. The molecule has 0 radical (unpaired) electrons. The highest BCUT2D eigenvalue weighted by atomic mass is 16.5. The summed E-state index contributed by atoms with van der Waals surface area (Å²) in [6.45, 7) is 2.56. The fourth-order valence-electron chi connectivity index (χ4n) is 4.48. The van der Waals surface area contributed by atoms with Gasteiger partial charge in [-0.25, -0.2) is 0 Å². The number of carbonyl (C=O) groups is 1. The first-order valence-corrected chi connectivity index (χ1v) is 12.4. The van der Waals surface area contributed by atoms with Crippen molar-refractivity contribution in [2.45, 2.75) is 64.5 Å². The molecule has 1 aliphatic rings. The van der Waals surface area contributed by atoms with Crippen molar-refractivity contribution >= 4 is 5.97 Å². The number of aliphatic carboxylic acids is 1. The van der Waals surface area contributed by atoms with Gasteiger partial charge in [-0.15, -0.1) is 0 Å². The summed E-state index contributed by atoms with van der Waals surface area (Å²) in [4.78, 5) is 11.2. The van der Waals surface area contributed by atoms with Crippen LogP contribution in [-0.4, -0.2) is 11.1 Å². The van der Waals surface area contributed by atoms with E-state index in [1.165, 1.54) is 41.5 Å². The van der Waals surface area contributed by atoms with Gasteiger partial charge in [0.25, 0.3) is 0 Å². The van der Waals surface area contributed by atoms with Crippen molar-refractivity contribution in [2.24, 2.45) is 11.7 Å². The van der Waals surface area contributed by atoms with Crippen LogP contribution in [0.25, 0.3) is 11.1 Å². The molecule has 0 aliphatic heterocycles. The van der Waals surface area contributed by atoms with E-state index in [1.54, 1.807) is 0 Å². The molecule has 34 heavy (non-hydrogen) atoms. The Morgan fingerprint density at radius 1 is 1.03 bits per heavy atom. The van der Waals surface area contributed by atoms with E-state index in [9.17, 15) is 9.90 Å². The first-order valence-electron chi connectivity index (χ1n) is 12.4. The number of hydrogen-bond acceptors (Lipinski definition) is 3. The predicted octanol–water partition coefficient (Wildman–Crippen LogP) is 6.70. The van der Waals surface area contributed by atoms with Crippen molar-refractivity contribution in [3.05, 3.63) is 89.0 Å². The van der Waals surface area contributed by atoms with Gasteiger partial charge in [-0.2, -0.15) is 0 Å². The molecule has 0 heterocycles. The van der Waals surface area contributed by atoms with Crippen LogP contribution >= 0.6 is 0 Å². The molecule has 3 aromatic carbocycles. The van der Waals surface area contributed by atoms with Crippen molar-refractivity contribution < 1.29 is 14.6 Å². The maximum atomic E-state index is 11.2. The summed E-state index contributed by atoms with van der Waals surface area (Å²) in [5.74, 6) is 0.644. The lowest BCUT2D eigenvalue weighted by Crippen LogP contribution is -2.09. The molecular weight excluding hydrogens is 422 g/mol. The fraction of sp³-hybridized carbons (Fsp3) is 0.367. The monoisotopic (exact) mass is 457 g/mol. The van der Waals surface area contributed by atoms with E-state index in [1.807, 2.05) is 24.3 Å². The van der Waals surface area contributed by atoms with Crippen LogP contribution in [0.15, 0.2) is 66.7 Å². The largest absolute Gasteiger partial charge is 0.489 e. The number of para-hydroxylation sites is 1. The molecule has 0 bridgehead atoms. The third-order valence-electron chi connectivity index (χ3n) is 6.55. The molecular formula is C30H35NO3. The first-order chi connectivity index (χ1) is 16.5. The van der Waals surface area contributed by atoms with Crippen LogP contribution in [-0.2, 0) is 24.2 Å². The van der Waals surface area contributed by atoms with E-state index in [2.05, 4.69) is 49.4 Å². The number of ether oxygens (including phenoxy) is 1. The molecule has 1 fully saturated rings. The van der Waals surface area contributed by atoms with Crippen LogP contribution in [0, 0.1) is 5.92 Å². The minimum Gasteiger partial charge on any atom is -0.489 e. The summed E-state index contributed by atoms with van der Waals surface area (Å²) >= 11 is 0. The van der Waals surface area contributed by atoms with Crippen molar-refractivity contribution in [1.82, 2.24) is 0 Å². The van der Waals surface area contributed by atoms with E-state index >= 15 is 0 Å². The van der Waals surface area contributed by atoms with Gasteiger partial charge < -0.3 is 15.6 Å². The molecule has 0 amide bonds. The van der Waals surface area contributed by atoms with E-state index in [4.69, 9.17) is 10.5 Å². The SMILES string of the molecule is CCC[C@@H](N)c1cccc(-c2cc(CCC3CC3)cc(COc3ccccc3CC(=O)O)c2)c1. The molecule has 0 spiro atoms. The molecule has 4 rings (SSSR count). The fourth-order valence-corrected chi connectivity index (χ4v) is 4.48. The second-order valence-corrected chi connectivity index (χ2v) is 9.51. The normalized spacial score (nSPS) is 14.1. The standard InChI is InChI=1S/C30H35NO3/c1-2-6-28(31)25-9-5-8-24(18-25)27-16-22(14-13-21-11-12-21)15-23(17-27)20-34-29-10-4-3-7-26(29)19-30(32)33/h3-5,7-10,15-18,21,28H,2,6,11-14,19-20,31H2,1H3,(H,32,33)/t28-/m1/s1.